The maximum absolute atomic E-state index is 13.0. The molecule has 1 aromatic carbocycles. The van der Waals surface area contributed by atoms with Gasteiger partial charge in [0, 0.05) is 11.8 Å². The lowest BCUT2D eigenvalue weighted by molar-refractivity contribution is 0.509. The number of benzene rings is 1. The molecule has 0 aliphatic carbocycles. The summed E-state index contributed by atoms with van der Waals surface area (Å²) >= 11 is 6.94. The van der Waals surface area contributed by atoms with Crippen molar-refractivity contribution in [2.45, 2.75) is 0 Å². The third kappa shape index (κ3) is 1.93. The zero-order chi connectivity index (χ0) is 11.0. The van der Waals surface area contributed by atoms with Gasteiger partial charge in [0.2, 0.25) is 0 Å². The van der Waals surface area contributed by atoms with Gasteiger partial charge < -0.3 is 5.73 Å². The third-order valence-corrected chi connectivity index (χ3v) is 2.97. The van der Waals surface area contributed by atoms with Gasteiger partial charge in [-0.05, 0) is 12.1 Å². The molecule has 0 spiro atoms. The highest BCUT2D eigenvalue weighted by Crippen LogP contribution is 2.34. The molecule has 0 atom stereocenters. The fraction of sp³-hybridized carbons (Fsp3) is 0. The highest BCUT2D eigenvalue weighted by Gasteiger charge is 2.11. The molecule has 0 saturated heterocycles. The summed E-state index contributed by atoms with van der Waals surface area (Å²) in [5.41, 5.74) is 5.82. The monoisotopic (exact) mass is 246 g/mol. The van der Waals surface area contributed by atoms with Crippen LogP contribution in [0.2, 0.25) is 5.02 Å². The number of thiazole rings is 1. The minimum Gasteiger partial charge on any atom is -0.375 e. The van der Waals surface area contributed by atoms with Gasteiger partial charge in [0.1, 0.15) is 0 Å². The first-order chi connectivity index (χ1) is 7.08. The zero-order valence-electron chi connectivity index (χ0n) is 7.30. The second-order valence-electron chi connectivity index (χ2n) is 2.81. The molecule has 2 nitrogen and oxygen atoms in total. The number of anilines is 1. The summed E-state index contributed by atoms with van der Waals surface area (Å²) in [6.07, 6.45) is 1.47. The molecule has 1 aromatic heterocycles. The van der Waals surface area contributed by atoms with Crippen LogP contribution in [0.5, 0.6) is 0 Å². The summed E-state index contributed by atoms with van der Waals surface area (Å²) in [5, 5.41) is 0.489. The van der Waals surface area contributed by atoms with E-state index in [0.717, 1.165) is 23.5 Å². The Morgan fingerprint density at radius 1 is 1.27 bits per heavy atom. The van der Waals surface area contributed by atoms with Gasteiger partial charge in [-0.2, -0.15) is 0 Å². The van der Waals surface area contributed by atoms with Crippen molar-refractivity contribution in [1.29, 1.82) is 0 Å². The highest BCUT2D eigenvalue weighted by molar-refractivity contribution is 7.18. The lowest BCUT2D eigenvalue weighted by atomic mass is 10.2. The van der Waals surface area contributed by atoms with E-state index in [1.807, 2.05) is 0 Å². The average Bonchev–Trinajstić information content (AvgIpc) is 2.58. The van der Waals surface area contributed by atoms with Crippen molar-refractivity contribution in [2.24, 2.45) is 0 Å². The fourth-order valence-electron chi connectivity index (χ4n) is 1.12. The normalized spacial score (nSPS) is 10.6. The quantitative estimate of drug-likeness (QED) is 0.784. The third-order valence-electron chi connectivity index (χ3n) is 1.80. The second-order valence-corrected chi connectivity index (χ2v) is 4.28. The summed E-state index contributed by atoms with van der Waals surface area (Å²) < 4.78 is 25.8. The molecule has 1 heterocycles. The van der Waals surface area contributed by atoms with Crippen molar-refractivity contribution in [3.63, 3.8) is 0 Å². The Labute approximate surface area is 93.3 Å². The van der Waals surface area contributed by atoms with E-state index in [1.54, 1.807) is 0 Å². The summed E-state index contributed by atoms with van der Waals surface area (Å²) in [4.78, 5) is 4.42. The Morgan fingerprint density at radius 3 is 2.53 bits per heavy atom. The Kier molecular flexibility index (Phi) is 2.58. The molecular formula is C9H5ClF2N2S. The molecule has 6 heteroatoms. The van der Waals surface area contributed by atoms with Gasteiger partial charge in [0.25, 0.3) is 0 Å². The topological polar surface area (TPSA) is 38.9 Å². The van der Waals surface area contributed by atoms with Crippen LogP contribution in [0.1, 0.15) is 0 Å². The number of aromatic nitrogens is 1. The first kappa shape index (κ1) is 10.3. The number of rotatable bonds is 1. The van der Waals surface area contributed by atoms with Crippen molar-refractivity contribution in [3.8, 4) is 10.4 Å². The number of nitrogens with zero attached hydrogens (tertiary/aromatic N) is 1. The van der Waals surface area contributed by atoms with Gasteiger partial charge in [-0.3, -0.25) is 0 Å². The van der Waals surface area contributed by atoms with Gasteiger partial charge in [-0.1, -0.05) is 22.9 Å². The van der Waals surface area contributed by atoms with Crippen LogP contribution in [-0.4, -0.2) is 4.98 Å². The van der Waals surface area contributed by atoms with Gasteiger partial charge >= 0.3 is 0 Å². The molecule has 2 N–H and O–H groups in total. The zero-order valence-corrected chi connectivity index (χ0v) is 8.87. The molecule has 15 heavy (non-hydrogen) atoms. The lowest BCUT2D eigenvalue weighted by Crippen LogP contribution is -1.85. The number of hydrogen-bond acceptors (Lipinski definition) is 3. The van der Waals surface area contributed by atoms with Crippen LogP contribution in [0.4, 0.5) is 13.9 Å². The second kappa shape index (κ2) is 3.75. The van der Waals surface area contributed by atoms with E-state index in [4.69, 9.17) is 17.3 Å². The molecule has 0 bridgehead atoms. The molecule has 0 unspecified atom stereocenters. The molecule has 2 aromatic rings. The number of halogens is 3. The number of hydrogen-bond donors (Lipinski definition) is 1. The van der Waals surface area contributed by atoms with Gasteiger partial charge in [-0.25, -0.2) is 13.8 Å². The number of nitrogens with two attached hydrogens (primary N) is 1. The SMILES string of the molecule is Nc1ncc(-c2cc(F)c(F)cc2Cl)s1. The lowest BCUT2D eigenvalue weighted by Gasteiger charge is -2.01. The first-order valence-corrected chi connectivity index (χ1v) is 5.13. The molecule has 2 rings (SSSR count). The Hall–Kier alpha value is -1.20. The fourth-order valence-corrected chi connectivity index (χ4v) is 2.15. The summed E-state index contributed by atoms with van der Waals surface area (Å²) in [6.45, 7) is 0. The molecular weight excluding hydrogens is 242 g/mol. The van der Waals surface area contributed by atoms with Crippen molar-refractivity contribution < 1.29 is 8.78 Å². The van der Waals surface area contributed by atoms with E-state index >= 15 is 0 Å². The molecule has 0 fully saturated rings. The average molecular weight is 247 g/mol. The van der Waals surface area contributed by atoms with E-state index in [1.165, 1.54) is 6.20 Å². The van der Waals surface area contributed by atoms with Gasteiger partial charge in [0.15, 0.2) is 16.8 Å². The number of nitrogen functional groups attached to an aromatic ring is 1. The molecule has 0 aliphatic rings. The van der Waals surface area contributed by atoms with Gasteiger partial charge in [0.05, 0.1) is 9.90 Å². The minimum atomic E-state index is -0.971. The first-order valence-electron chi connectivity index (χ1n) is 3.94. The van der Waals surface area contributed by atoms with Crippen LogP contribution >= 0.6 is 22.9 Å². The van der Waals surface area contributed by atoms with Crippen LogP contribution in [0.3, 0.4) is 0 Å². The van der Waals surface area contributed by atoms with Gasteiger partial charge in [-0.15, -0.1) is 0 Å². The standard InChI is InChI=1S/C9H5ClF2N2S/c10-5-2-7(12)6(11)1-4(5)8-3-14-9(13)15-8/h1-3H,(H2,13,14). The summed E-state index contributed by atoms with van der Waals surface area (Å²) in [6, 6.07) is 1.97. The smallest absolute Gasteiger partial charge is 0.180 e. The largest absolute Gasteiger partial charge is 0.375 e. The van der Waals surface area contributed by atoms with Crippen LogP contribution in [-0.2, 0) is 0 Å². The highest BCUT2D eigenvalue weighted by atomic mass is 35.5. The van der Waals surface area contributed by atoms with Crippen LogP contribution < -0.4 is 5.73 Å². The Morgan fingerprint density at radius 2 is 1.93 bits per heavy atom. The molecule has 0 saturated carbocycles. The van der Waals surface area contributed by atoms with Crippen molar-refractivity contribution >= 4 is 28.1 Å². The van der Waals surface area contributed by atoms with E-state index < -0.39 is 11.6 Å². The van der Waals surface area contributed by atoms with Crippen molar-refractivity contribution in [2.75, 3.05) is 5.73 Å². The molecule has 0 amide bonds. The Bertz CT molecular complexity index is 513. The summed E-state index contributed by atoms with van der Waals surface area (Å²) in [5.74, 6) is -1.91. The maximum atomic E-state index is 13.0. The van der Waals surface area contributed by atoms with Crippen LogP contribution in [0.15, 0.2) is 18.3 Å². The predicted octanol–water partition coefficient (Wildman–Crippen LogP) is 3.32. The van der Waals surface area contributed by atoms with Crippen LogP contribution in [0, 0.1) is 11.6 Å². The van der Waals surface area contributed by atoms with Crippen LogP contribution in [0.25, 0.3) is 10.4 Å². The predicted molar refractivity (Wildman–Crippen MR) is 56.9 cm³/mol. The van der Waals surface area contributed by atoms with E-state index in [-0.39, 0.29) is 5.02 Å². The summed E-state index contributed by atoms with van der Waals surface area (Å²) in [7, 11) is 0. The van der Waals surface area contributed by atoms with Crippen molar-refractivity contribution in [3.05, 3.63) is 35.0 Å². The maximum Gasteiger partial charge on any atom is 0.180 e. The molecule has 0 aliphatic heterocycles. The van der Waals surface area contributed by atoms with E-state index in [2.05, 4.69) is 4.98 Å². The van der Waals surface area contributed by atoms with E-state index in [9.17, 15) is 8.78 Å². The molecule has 78 valence electrons. The molecule has 0 radical (unpaired) electrons. The van der Waals surface area contributed by atoms with E-state index in [0.29, 0.717) is 15.6 Å². The Balaban J connectivity index is 2.58. The van der Waals surface area contributed by atoms with Crippen molar-refractivity contribution in [1.82, 2.24) is 4.98 Å². The minimum absolute atomic E-state index is 0.137.